The smallest absolute Gasteiger partial charge is 0.119 e. The van der Waals surface area contributed by atoms with Crippen molar-refractivity contribution in [2.45, 2.75) is 121 Å². The molecule has 0 spiro atoms. The van der Waals surface area contributed by atoms with Crippen LogP contribution >= 0.6 is 11.8 Å². The Labute approximate surface area is 215 Å². The molecule has 2 aromatic carbocycles. The largest absolute Gasteiger partial charge is 0.494 e. The first-order valence-electron chi connectivity index (χ1n) is 14.2. The summed E-state index contributed by atoms with van der Waals surface area (Å²) in [5.41, 5.74) is 2.77. The molecule has 2 heteroatoms. The van der Waals surface area contributed by atoms with Crippen LogP contribution in [0.2, 0.25) is 0 Å². The molecule has 0 saturated carbocycles. The molecule has 2 aromatic rings. The summed E-state index contributed by atoms with van der Waals surface area (Å²) >= 11 is 1.97. The van der Waals surface area contributed by atoms with Gasteiger partial charge >= 0.3 is 0 Å². The lowest BCUT2D eigenvalue weighted by Crippen LogP contribution is -1.97. The van der Waals surface area contributed by atoms with Gasteiger partial charge in [0, 0.05) is 11.5 Å². The second kappa shape index (κ2) is 20.9. The van der Waals surface area contributed by atoms with Gasteiger partial charge in [-0.15, -0.1) is 0 Å². The fourth-order valence-electron chi connectivity index (χ4n) is 4.38. The average Bonchev–Trinajstić information content (AvgIpc) is 2.87. The molecule has 0 radical (unpaired) electrons. The summed E-state index contributed by atoms with van der Waals surface area (Å²) in [5.74, 6) is 3.13. The van der Waals surface area contributed by atoms with Gasteiger partial charge in [0.25, 0.3) is 0 Å². The highest BCUT2D eigenvalue weighted by atomic mass is 32.2. The number of hydrogen-bond donors (Lipinski definition) is 0. The van der Waals surface area contributed by atoms with Crippen molar-refractivity contribution in [1.82, 2.24) is 0 Å². The van der Waals surface area contributed by atoms with Gasteiger partial charge in [0.1, 0.15) is 5.75 Å². The van der Waals surface area contributed by atoms with Gasteiger partial charge in [0.15, 0.2) is 0 Å². The summed E-state index contributed by atoms with van der Waals surface area (Å²) in [7, 11) is 0. The zero-order valence-electron chi connectivity index (χ0n) is 21.9. The van der Waals surface area contributed by atoms with Crippen LogP contribution in [0, 0.1) is 0 Å². The van der Waals surface area contributed by atoms with Crippen LogP contribution in [0.4, 0.5) is 0 Å². The first-order valence-corrected chi connectivity index (χ1v) is 15.4. The molecule has 34 heavy (non-hydrogen) atoms. The van der Waals surface area contributed by atoms with Crippen LogP contribution < -0.4 is 4.74 Å². The van der Waals surface area contributed by atoms with Gasteiger partial charge in [-0.25, -0.2) is 0 Å². The highest BCUT2D eigenvalue weighted by Crippen LogP contribution is 2.20. The van der Waals surface area contributed by atoms with E-state index in [9.17, 15) is 0 Å². The van der Waals surface area contributed by atoms with E-state index < -0.39 is 0 Å². The maximum absolute atomic E-state index is 5.95. The van der Waals surface area contributed by atoms with Crippen molar-refractivity contribution in [1.29, 1.82) is 0 Å². The summed E-state index contributed by atoms with van der Waals surface area (Å²) in [5, 5.41) is 0. The Kier molecular flexibility index (Phi) is 17.7. The van der Waals surface area contributed by atoms with E-state index in [0.29, 0.717) is 0 Å². The Balaban J connectivity index is 1.34. The number of hydrogen-bond acceptors (Lipinski definition) is 2. The van der Waals surface area contributed by atoms with Crippen molar-refractivity contribution in [3.63, 3.8) is 0 Å². The minimum Gasteiger partial charge on any atom is -0.494 e. The normalized spacial score (nSPS) is 11.1. The zero-order valence-corrected chi connectivity index (χ0v) is 22.8. The van der Waals surface area contributed by atoms with Crippen molar-refractivity contribution >= 4 is 11.8 Å². The van der Waals surface area contributed by atoms with Crippen LogP contribution in [0.25, 0.3) is 0 Å². The minimum atomic E-state index is 0.848. The Morgan fingerprint density at radius 1 is 0.500 bits per heavy atom. The monoisotopic (exact) mass is 482 g/mol. The molecule has 0 aromatic heterocycles. The van der Waals surface area contributed by atoms with Gasteiger partial charge in [0.05, 0.1) is 6.61 Å². The molecule has 0 N–H and O–H groups in total. The van der Waals surface area contributed by atoms with Crippen LogP contribution in [0.15, 0.2) is 54.6 Å². The molecule has 0 amide bonds. The highest BCUT2D eigenvalue weighted by Gasteiger charge is 1.99. The van der Waals surface area contributed by atoms with Gasteiger partial charge in [-0.2, -0.15) is 11.8 Å². The molecule has 0 atom stereocenters. The standard InChI is InChI=1S/C32H50OS/c1-2-3-4-5-6-7-8-9-10-11-12-13-14-15-16-20-27-33-32-25-23-31(24-26-32)29-34-28-30-21-18-17-19-22-30/h17-19,21-26H,2-16,20,27-29H2,1H3. The van der Waals surface area contributed by atoms with E-state index >= 15 is 0 Å². The van der Waals surface area contributed by atoms with Crippen molar-refractivity contribution in [2.75, 3.05) is 6.61 Å². The Bertz CT molecular complexity index is 682. The maximum atomic E-state index is 5.95. The predicted molar refractivity (Wildman–Crippen MR) is 153 cm³/mol. The zero-order chi connectivity index (χ0) is 23.9. The number of unbranched alkanes of at least 4 members (excludes halogenated alkanes) is 15. The van der Waals surface area contributed by atoms with Crippen molar-refractivity contribution in [2.24, 2.45) is 0 Å². The van der Waals surface area contributed by atoms with E-state index in [2.05, 4.69) is 61.5 Å². The van der Waals surface area contributed by atoms with Crippen LogP contribution in [0.1, 0.15) is 121 Å². The summed E-state index contributed by atoms with van der Waals surface area (Å²) in [6, 6.07) is 19.4. The SMILES string of the molecule is CCCCCCCCCCCCCCCCCCOc1ccc(CSCc2ccccc2)cc1. The highest BCUT2D eigenvalue weighted by molar-refractivity contribution is 7.97. The van der Waals surface area contributed by atoms with Crippen LogP contribution in [0.3, 0.4) is 0 Å². The second-order valence-corrected chi connectivity index (χ2v) is 10.8. The van der Waals surface area contributed by atoms with Crippen LogP contribution in [-0.4, -0.2) is 6.61 Å². The number of thioether (sulfide) groups is 1. The summed E-state index contributed by atoms with van der Waals surface area (Å²) in [6.07, 6.45) is 22.5. The molecule has 0 aliphatic rings. The van der Waals surface area contributed by atoms with E-state index in [1.165, 1.54) is 114 Å². The van der Waals surface area contributed by atoms with Gasteiger partial charge in [-0.3, -0.25) is 0 Å². The molecule has 0 bridgehead atoms. The third-order valence-corrected chi connectivity index (χ3v) is 7.65. The van der Waals surface area contributed by atoms with Gasteiger partial charge in [0.2, 0.25) is 0 Å². The molecule has 0 fully saturated rings. The van der Waals surface area contributed by atoms with Crippen molar-refractivity contribution in [3.8, 4) is 5.75 Å². The molecular weight excluding hydrogens is 432 g/mol. The van der Waals surface area contributed by atoms with Crippen molar-refractivity contribution < 1.29 is 4.74 Å². The average molecular weight is 483 g/mol. The van der Waals surface area contributed by atoms with Crippen molar-refractivity contribution in [3.05, 3.63) is 65.7 Å². The fourth-order valence-corrected chi connectivity index (χ4v) is 5.34. The third kappa shape index (κ3) is 15.5. The summed E-state index contributed by atoms with van der Waals surface area (Å²) in [6.45, 7) is 3.14. The summed E-state index contributed by atoms with van der Waals surface area (Å²) in [4.78, 5) is 0. The quantitative estimate of drug-likeness (QED) is 0.154. The molecular formula is C32H50OS. The van der Waals surface area contributed by atoms with Gasteiger partial charge in [-0.1, -0.05) is 146 Å². The summed E-state index contributed by atoms with van der Waals surface area (Å²) < 4.78 is 5.95. The third-order valence-electron chi connectivity index (χ3n) is 6.57. The molecule has 0 heterocycles. The Morgan fingerprint density at radius 3 is 1.44 bits per heavy atom. The van der Waals surface area contributed by atoms with E-state index in [-0.39, 0.29) is 0 Å². The van der Waals surface area contributed by atoms with E-state index in [1.807, 2.05) is 11.8 Å². The molecule has 190 valence electrons. The predicted octanol–water partition coefficient (Wildman–Crippen LogP) is 10.8. The van der Waals surface area contributed by atoms with Gasteiger partial charge in [-0.05, 0) is 29.7 Å². The lowest BCUT2D eigenvalue weighted by Gasteiger charge is -2.08. The maximum Gasteiger partial charge on any atom is 0.119 e. The van der Waals surface area contributed by atoms with Crippen LogP contribution in [-0.2, 0) is 11.5 Å². The molecule has 2 rings (SSSR count). The number of ether oxygens (including phenoxy) is 1. The lowest BCUT2D eigenvalue weighted by atomic mass is 10.0. The van der Waals surface area contributed by atoms with Gasteiger partial charge < -0.3 is 4.74 Å². The molecule has 1 nitrogen and oxygen atoms in total. The lowest BCUT2D eigenvalue weighted by molar-refractivity contribution is 0.304. The topological polar surface area (TPSA) is 9.23 Å². The van der Waals surface area contributed by atoms with E-state index in [4.69, 9.17) is 4.74 Å². The molecule has 0 unspecified atom stereocenters. The molecule has 0 saturated heterocycles. The minimum absolute atomic E-state index is 0.848. The molecule has 0 aliphatic carbocycles. The first kappa shape index (κ1) is 28.8. The van der Waals surface area contributed by atoms with Crippen LogP contribution in [0.5, 0.6) is 5.75 Å². The first-order chi connectivity index (χ1) is 16.9. The number of benzene rings is 2. The fraction of sp³-hybridized carbons (Fsp3) is 0.625. The van der Waals surface area contributed by atoms with E-state index in [1.54, 1.807) is 0 Å². The Morgan fingerprint density at radius 2 is 0.941 bits per heavy atom. The number of rotatable bonds is 22. The Hall–Kier alpha value is -1.41. The second-order valence-electron chi connectivity index (χ2n) is 9.77. The van der Waals surface area contributed by atoms with E-state index in [0.717, 1.165) is 23.9 Å². The molecule has 0 aliphatic heterocycles.